The zero-order valence-corrected chi connectivity index (χ0v) is 19.0. The van der Waals surface area contributed by atoms with Crippen LogP contribution >= 0.6 is 15.9 Å². The SMILES string of the molecule is CCCOc1cccc(C2c3c(oc4ccccc4c3=O)C(=O)N2c2ccc(Br)cc2)c1. The summed E-state index contributed by atoms with van der Waals surface area (Å²) < 4.78 is 12.7. The highest BCUT2D eigenvalue weighted by Crippen LogP contribution is 2.42. The Morgan fingerprint density at radius 1 is 1.00 bits per heavy atom. The predicted octanol–water partition coefficient (Wildman–Crippen LogP) is 6.09. The summed E-state index contributed by atoms with van der Waals surface area (Å²) in [6, 6.07) is 21.4. The molecule has 0 bridgehead atoms. The molecule has 0 saturated carbocycles. The number of fused-ring (bicyclic) bond motifs is 2. The van der Waals surface area contributed by atoms with E-state index in [4.69, 9.17) is 9.15 Å². The first-order valence-electron chi connectivity index (χ1n) is 10.5. The van der Waals surface area contributed by atoms with E-state index in [1.807, 2.05) is 55.5 Å². The average molecular weight is 490 g/mol. The van der Waals surface area contributed by atoms with Crippen LogP contribution in [0.25, 0.3) is 11.0 Å². The summed E-state index contributed by atoms with van der Waals surface area (Å²) in [6.07, 6.45) is 0.884. The number of carbonyl (C=O) groups is 1. The van der Waals surface area contributed by atoms with Crippen LogP contribution in [0.3, 0.4) is 0 Å². The Bertz CT molecular complexity index is 1380. The molecule has 0 N–H and O–H groups in total. The second-order valence-corrected chi connectivity index (χ2v) is 8.56. The number of carbonyl (C=O) groups excluding carboxylic acids is 1. The maximum Gasteiger partial charge on any atom is 0.295 e. The predicted molar refractivity (Wildman–Crippen MR) is 128 cm³/mol. The zero-order valence-electron chi connectivity index (χ0n) is 17.4. The van der Waals surface area contributed by atoms with E-state index < -0.39 is 6.04 Å². The fraction of sp³-hybridized carbons (Fsp3) is 0.154. The minimum Gasteiger partial charge on any atom is -0.494 e. The third-order valence-electron chi connectivity index (χ3n) is 5.53. The number of rotatable bonds is 5. The van der Waals surface area contributed by atoms with E-state index in [0.29, 0.717) is 34.6 Å². The van der Waals surface area contributed by atoms with Crippen molar-refractivity contribution in [3.63, 3.8) is 0 Å². The molecule has 0 radical (unpaired) electrons. The largest absolute Gasteiger partial charge is 0.494 e. The topological polar surface area (TPSA) is 59.8 Å². The lowest BCUT2D eigenvalue weighted by Gasteiger charge is -2.25. The Kier molecular flexibility index (Phi) is 5.31. The van der Waals surface area contributed by atoms with Gasteiger partial charge in [0.15, 0.2) is 5.43 Å². The van der Waals surface area contributed by atoms with Crippen LogP contribution in [0.15, 0.2) is 86.5 Å². The molecular formula is C26H20BrNO4. The first-order valence-corrected chi connectivity index (χ1v) is 11.3. The number of benzene rings is 3. The van der Waals surface area contributed by atoms with Crippen LogP contribution in [-0.2, 0) is 0 Å². The molecule has 3 aromatic carbocycles. The fourth-order valence-corrected chi connectivity index (χ4v) is 4.36. The van der Waals surface area contributed by atoms with Crippen molar-refractivity contribution < 1.29 is 13.9 Å². The van der Waals surface area contributed by atoms with Gasteiger partial charge in [0.25, 0.3) is 5.91 Å². The van der Waals surface area contributed by atoms with E-state index in [9.17, 15) is 9.59 Å². The van der Waals surface area contributed by atoms with Gasteiger partial charge in [0.2, 0.25) is 5.76 Å². The molecule has 6 heteroatoms. The average Bonchev–Trinajstić information content (AvgIpc) is 3.11. The Hall–Kier alpha value is -3.38. The van der Waals surface area contributed by atoms with E-state index in [1.165, 1.54) is 0 Å². The monoisotopic (exact) mass is 489 g/mol. The summed E-state index contributed by atoms with van der Waals surface area (Å²) in [5, 5.41) is 0.458. The van der Waals surface area contributed by atoms with Crippen molar-refractivity contribution in [2.45, 2.75) is 19.4 Å². The van der Waals surface area contributed by atoms with Crippen molar-refractivity contribution in [1.82, 2.24) is 0 Å². The normalized spacial score (nSPS) is 15.2. The van der Waals surface area contributed by atoms with Crippen molar-refractivity contribution in [2.24, 2.45) is 0 Å². The van der Waals surface area contributed by atoms with Crippen molar-refractivity contribution in [2.75, 3.05) is 11.5 Å². The van der Waals surface area contributed by atoms with Gasteiger partial charge in [-0.3, -0.25) is 14.5 Å². The summed E-state index contributed by atoms with van der Waals surface area (Å²) in [6.45, 7) is 2.63. The smallest absolute Gasteiger partial charge is 0.295 e. The number of hydrogen-bond acceptors (Lipinski definition) is 4. The maximum atomic E-state index is 13.6. The summed E-state index contributed by atoms with van der Waals surface area (Å²) in [5.74, 6) is 0.447. The van der Waals surface area contributed by atoms with Crippen molar-refractivity contribution in [3.05, 3.63) is 104 Å². The first kappa shape index (κ1) is 20.5. The lowest BCUT2D eigenvalue weighted by Crippen LogP contribution is -2.29. The van der Waals surface area contributed by atoms with Crippen LogP contribution in [0.5, 0.6) is 5.75 Å². The minimum atomic E-state index is -0.621. The van der Waals surface area contributed by atoms with Crippen LogP contribution in [0.4, 0.5) is 5.69 Å². The van der Waals surface area contributed by atoms with Crippen LogP contribution in [0.1, 0.15) is 41.1 Å². The number of para-hydroxylation sites is 1. The first-order chi connectivity index (χ1) is 15.6. The third kappa shape index (κ3) is 3.41. The van der Waals surface area contributed by atoms with Gasteiger partial charge in [-0.15, -0.1) is 0 Å². The van der Waals surface area contributed by atoms with E-state index in [1.54, 1.807) is 29.2 Å². The highest BCUT2D eigenvalue weighted by Gasteiger charge is 2.43. The lowest BCUT2D eigenvalue weighted by molar-refractivity contribution is 0.0971. The summed E-state index contributed by atoms with van der Waals surface area (Å²) in [4.78, 5) is 28.8. The zero-order chi connectivity index (χ0) is 22.2. The Labute approximate surface area is 193 Å². The van der Waals surface area contributed by atoms with Gasteiger partial charge in [0.1, 0.15) is 11.3 Å². The van der Waals surface area contributed by atoms with Gasteiger partial charge in [-0.05, 0) is 60.5 Å². The van der Waals surface area contributed by atoms with Gasteiger partial charge in [-0.2, -0.15) is 0 Å². The number of ether oxygens (including phenoxy) is 1. The summed E-state index contributed by atoms with van der Waals surface area (Å²) in [5.41, 5.74) is 2.03. The lowest BCUT2D eigenvalue weighted by atomic mass is 9.98. The number of nitrogens with zero attached hydrogens (tertiary/aromatic N) is 1. The molecular weight excluding hydrogens is 470 g/mol. The quantitative estimate of drug-likeness (QED) is 0.340. The van der Waals surface area contributed by atoms with Gasteiger partial charge in [-0.1, -0.05) is 47.1 Å². The molecule has 4 aromatic rings. The summed E-state index contributed by atoms with van der Waals surface area (Å²) in [7, 11) is 0. The molecule has 0 spiro atoms. The molecule has 5 nitrogen and oxygen atoms in total. The Balaban J connectivity index is 1.75. The molecule has 0 aliphatic carbocycles. The van der Waals surface area contributed by atoms with Crippen LogP contribution in [-0.4, -0.2) is 12.5 Å². The van der Waals surface area contributed by atoms with Crippen LogP contribution in [0, 0.1) is 0 Å². The fourth-order valence-electron chi connectivity index (χ4n) is 4.10. The van der Waals surface area contributed by atoms with Crippen molar-refractivity contribution in [1.29, 1.82) is 0 Å². The van der Waals surface area contributed by atoms with E-state index in [2.05, 4.69) is 15.9 Å². The molecule has 0 fully saturated rings. The maximum absolute atomic E-state index is 13.6. The van der Waals surface area contributed by atoms with Gasteiger partial charge >= 0.3 is 0 Å². The Morgan fingerprint density at radius 3 is 2.56 bits per heavy atom. The number of amides is 1. The van der Waals surface area contributed by atoms with Crippen LogP contribution in [0.2, 0.25) is 0 Å². The standard InChI is InChI=1S/C26H20BrNO4/c1-2-14-31-19-7-5-6-16(15-19)23-22-24(29)20-8-3-4-9-21(20)32-25(22)26(30)28(23)18-12-10-17(27)11-13-18/h3-13,15,23H,2,14H2,1H3. The third-order valence-corrected chi connectivity index (χ3v) is 6.06. The van der Waals surface area contributed by atoms with Crippen molar-refractivity contribution >= 4 is 38.5 Å². The molecule has 1 aliphatic heterocycles. The molecule has 1 unspecified atom stereocenters. The van der Waals surface area contributed by atoms with E-state index >= 15 is 0 Å². The number of halogens is 1. The highest BCUT2D eigenvalue weighted by atomic mass is 79.9. The van der Waals surface area contributed by atoms with Gasteiger partial charge in [0.05, 0.1) is 23.6 Å². The molecule has 32 heavy (non-hydrogen) atoms. The van der Waals surface area contributed by atoms with Gasteiger partial charge in [-0.25, -0.2) is 0 Å². The molecule has 5 rings (SSSR count). The second kappa shape index (κ2) is 8.28. The molecule has 2 heterocycles. The molecule has 160 valence electrons. The minimum absolute atomic E-state index is 0.0847. The molecule has 1 atom stereocenters. The highest BCUT2D eigenvalue weighted by molar-refractivity contribution is 9.10. The van der Waals surface area contributed by atoms with E-state index in [-0.39, 0.29) is 17.1 Å². The molecule has 0 saturated heterocycles. The number of hydrogen-bond donors (Lipinski definition) is 0. The number of anilines is 1. The Morgan fingerprint density at radius 2 is 1.78 bits per heavy atom. The molecule has 1 aliphatic rings. The van der Waals surface area contributed by atoms with E-state index in [0.717, 1.165) is 16.5 Å². The van der Waals surface area contributed by atoms with Gasteiger partial charge < -0.3 is 9.15 Å². The molecule has 1 aromatic heterocycles. The second-order valence-electron chi connectivity index (χ2n) is 7.65. The van der Waals surface area contributed by atoms with Gasteiger partial charge in [0, 0.05) is 10.2 Å². The molecule has 1 amide bonds. The van der Waals surface area contributed by atoms with Crippen molar-refractivity contribution in [3.8, 4) is 5.75 Å². The summed E-state index contributed by atoms with van der Waals surface area (Å²) >= 11 is 3.44. The van der Waals surface area contributed by atoms with Crippen LogP contribution < -0.4 is 15.1 Å².